The van der Waals surface area contributed by atoms with Gasteiger partial charge in [0.2, 0.25) is 0 Å². The van der Waals surface area contributed by atoms with Crippen LogP contribution < -0.4 is 9.64 Å². The molecule has 0 atom stereocenters. The summed E-state index contributed by atoms with van der Waals surface area (Å²) in [6.45, 7) is 9.16. The Kier molecular flexibility index (Phi) is 7.92. The third kappa shape index (κ3) is 6.00. The molecule has 1 saturated heterocycles. The Balaban J connectivity index is 1.18. The van der Waals surface area contributed by atoms with E-state index >= 15 is 0 Å². The molecule has 0 saturated carbocycles. The summed E-state index contributed by atoms with van der Waals surface area (Å²) in [5, 5.41) is 11.7. The molecule has 2 N–H and O–H groups in total. The lowest BCUT2D eigenvalue weighted by atomic mass is 9.72. The van der Waals surface area contributed by atoms with Crippen molar-refractivity contribution in [3.05, 3.63) is 87.7 Å². The number of allylic oxidation sites excluding steroid dienone is 1. The first-order valence-corrected chi connectivity index (χ1v) is 15.0. The van der Waals surface area contributed by atoms with E-state index in [0.29, 0.717) is 21.8 Å². The normalized spacial score (nSPS) is 17.6. The summed E-state index contributed by atoms with van der Waals surface area (Å²) in [5.74, 6) is -0.508. The Morgan fingerprint density at radius 2 is 1.81 bits per heavy atom. The highest BCUT2D eigenvalue weighted by Crippen LogP contribution is 2.43. The minimum Gasteiger partial charge on any atom is -0.478 e. The van der Waals surface area contributed by atoms with Crippen LogP contribution in [-0.4, -0.2) is 58.7 Å². The van der Waals surface area contributed by atoms with Crippen molar-refractivity contribution in [2.24, 2.45) is 5.41 Å². The van der Waals surface area contributed by atoms with Gasteiger partial charge in [0.25, 0.3) is 0 Å². The van der Waals surface area contributed by atoms with Crippen molar-refractivity contribution >= 4 is 51.5 Å². The Morgan fingerprint density at radius 3 is 2.55 bits per heavy atom. The van der Waals surface area contributed by atoms with Gasteiger partial charge in [0.15, 0.2) is 5.75 Å². The van der Waals surface area contributed by atoms with Crippen LogP contribution in [0.15, 0.2) is 66.5 Å². The van der Waals surface area contributed by atoms with Gasteiger partial charge in [-0.3, -0.25) is 4.90 Å². The van der Waals surface area contributed by atoms with Crippen LogP contribution in [0.4, 0.5) is 5.69 Å². The van der Waals surface area contributed by atoms with Gasteiger partial charge in [0.05, 0.1) is 11.2 Å². The van der Waals surface area contributed by atoms with Crippen LogP contribution in [0.25, 0.3) is 16.6 Å². The van der Waals surface area contributed by atoms with E-state index in [2.05, 4.69) is 45.7 Å². The number of anilines is 1. The fraction of sp³-hybridized carbons (Fsp3) is 0.333. The number of halogens is 2. The zero-order valence-corrected chi connectivity index (χ0v) is 25.3. The maximum Gasteiger partial charge on any atom is 0.339 e. The predicted octanol–water partition coefficient (Wildman–Crippen LogP) is 8.15. The van der Waals surface area contributed by atoms with E-state index in [1.165, 1.54) is 29.3 Å². The number of pyridine rings is 1. The van der Waals surface area contributed by atoms with E-state index in [-0.39, 0.29) is 16.7 Å². The van der Waals surface area contributed by atoms with E-state index in [1.54, 1.807) is 18.3 Å². The highest BCUT2D eigenvalue weighted by molar-refractivity contribution is 6.36. The van der Waals surface area contributed by atoms with E-state index in [9.17, 15) is 9.90 Å². The molecule has 0 radical (unpaired) electrons. The van der Waals surface area contributed by atoms with Gasteiger partial charge in [-0.05, 0) is 66.1 Å². The monoisotopic (exact) mass is 604 g/mol. The molecule has 2 aliphatic rings. The van der Waals surface area contributed by atoms with Crippen LogP contribution in [-0.2, 0) is 0 Å². The summed E-state index contributed by atoms with van der Waals surface area (Å²) >= 11 is 12.7. The zero-order valence-electron chi connectivity index (χ0n) is 23.8. The lowest BCUT2D eigenvalue weighted by molar-refractivity contribution is 0.0694. The fourth-order valence-corrected chi connectivity index (χ4v) is 6.38. The van der Waals surface area contributed by atoms with Crippen molar-refractivity contribution in [2.45, 2.75) is 33.1 Å². The zero-order chi connectivity index (χ0) is 29.4. The quantitative estimate of drug-likeness (QED) is 0.221. The number of nitrogens with one attached hydrogen (secondary N) is 1. The van der Waals surface area contributed by atoms with Crippen LogP contribution in [0, 0.1) is 5.41 Å². The molecule has 3 heterocycles. The molecule has 6 rings (SSSR count). The number of H-pyrrole nitrogens is 1. The first-order chi connectivity index (χ1) is 20.2. The van der Waals surface area contributed by atoms with Gasteiger partial charge in [0, 0.05) is 61.1 Å². The van der Waals surface area contributed by atoms with Crippen molar-refractivity contribution in [1.82, 2.24) is 14.9 Å². The molecule has 0 unspecified atom stereocenters. The molecule has 2 aromatic carbocycles. The smallest absolute Gasteiger partial charge is 0.339 e. The maximum atomic E-state index is 12.0. The van der Waals surface area contributed by atoms with Crippen LogP contribution >= 0.6 is 23.2 Å². The number of rotatable bonds is 7. The topological polar surface area (TPSA) is 81.7 Å². The first kappa shape index (κ1) is 28.6. The number of carboxylic acids is 1. The Hall–Kier alpha value is -3.52. The number of carbonyl (C=O) groups is 1. The van der Waals surface area contributed by atoms with Crippen LogP contribution in [0.1, 0.15) is 49.0 Å². The summed E-state index contributed by atoms with van der Waals surface area (Å²) < 4.78 is 6.07. The van der Waals surface area contributed by atoms with Crippen molar-refractivity contribution in [3.8, 4) is 11.5 Å². The van der Waals surface area contributed by atoms with Gasteiger partial charge < -0.3 is 19.7 Å². The molecule has 0 bridgehead atoms. The summed E-state index contributed by atoms with van der Waals surface area (Å²) in [4.78, 5) is 24.2. The van der Waals surface area contributed by atoms with Crippen LogP contribution in [0.2, 0.25) is 10.0 Å². The molecule has 7 nitrogen and oxygen atoms in total. The fourth-order valence-electron chi connectivity index (χ4n) is 6.01. The second kappa shape index (κ2) is 11.6. The number of carboxylic acid groups (broad SMARTS) is 1. The van der Waals surface area contributed by atoms with Crippen molar-refractivity contribution in [1.29, 1.82) is 0 Å². The van der Waals surface area contributed by atoms with Gasteiger partial charge in [0.1, 0.15) is 17.0 Å². The second-order valence-corrected chi connectivity index (χ2v) is 12.8. The summed E-state index contributed by atoms with van der Waals surface area (Å²) in [6.07, 6.45) is 6.63. The van der Waals surface area contributed by atoms with Crippen molar-refractivity contribution in [3.63, 3.8) is 0 Å². The SMILES string of the molecule is CC1(C)CCC(CN2CCN(c3ccc(C(=O)O)c(Oc4cnc5[nH]ccc5c4Cl)c3)CC2)=C(c2ccc(Cl)cc2)C1. The summed E-state index contributed by atoms with van der Waals surface area (Å²) in [5.41, 5.74) is 6.18. The van der Waals surface area contributed by atoms with Crippen molar-refractivity contribution < 1.29 is 14.6 Å². The average Bonchev–Trinajstić information content (AvgIpc) is 3.46. The molecule has 4 aromatic rings. The van der Waals surface area contributed by atoms with Gasteiger partial charge in [-0.15, -0.1) is 0 Å². The molecule has 218 valence electrons. The number of piperazine rings is 1. The number of fused-ring (bicyclic) bond motifs is 1. The average molecular weight is 606 g/mol. The third-order valence-electron chi connectivity index (χ3n) is 8.43. The lowest BCUT2D eigenvalue weighted by Gasteiger charge is -2.39. The highest BCUT2D eigenvalue weighted by atomic mass is 35.5. The van der Waals surface area contributed by atoms with Gasteiger partial charge in [-0.25, -0.2) is 9.78 Å². The molecule has 2 aromatic heterocycles. The first-order valence-electron chi connectivity index (χ1n) is 14.3. The van der Waals surface area contributed by atoms with Crippen molar-refractivity contribution in [2.75, 3.05) is 37.6 Å². The second-order valence-electron chi connectivity index (χ2n) is 12.0. The number of ether oxygens (including phenoxy) is 1. The molecule has 42 heavy (non-hydrogen) atoms. The Morgan fingerprint density at radius 1 is 1.05 bits per heavy atom. The number of aromatic carboxylic acids is 1. The number of hydrogen-bond donors (Lipinski definition) is 2. The highest BCUT2D eigenvalue weighted by Gasteiger charge is 2.29. The molecular weight excluding hydrogens is 571 g/mol. The van der Waals surface area contributed by atoms with E-state index in [0.717, 1.165) is 56.3 Å². The van der Waals surface area contributed by atoms with Gasteiger partial charge >= 0.3 is 5.97 Å². The molecular formula is C33H34Cl2N4O3. The number of hydrogen-bond acceptors (Lipinski definition) is 5. The minimum absolute atomic E-state index is 0.0736. The third-order valence-corrected chi connectivity index (χ3v) is 9.08. The summed E-state index contributed by atoms with van der Waals surface area (Å²) in [7, 11) is 0. The lowest BCUT2D eigenvalue weighted by Crippen LogP contribution is -2.47. The van der Waals surface area contributed by atoms with E-state index < -0.39 is 5.97 Å². The molecule has 1 aliphatic carbocycles. The summed E-state index contributed by atoms with van der Waals surface area (Å²) in [6, 6.07) is 15.3. The van der Waals surface area contributed by atoms with Crippen LogP contribution in [0.3, 0.4) is 0 Å². The number of aromatic nitrogens is 2. The maximum absolute atomic E-state index is 12.0. The molecule has 9 heteroatoms. The molecule has 0 amide bonds. The largest absolute Gasteiger partial charge is 0.478 e. The predicted molar refractivity (Wildman–Crippen MR) is 169 cm³/mol. The number of benzene rings is 2. The Labute approximate surface area is 255 Å². The number of aromatic amines is 1. The van der Waals surface area contributed by atoms with E-state index in [1.807, 2.05) is 24.3 Å². The molecule has 0 spiro atoms. The molecule has 1 fully saturated rings. The van der Waals surface area contributed by atoms with Gasteiger partial charge in [-0.2, -0.15) is 0 Å². The number of nitrogens with zero attached hydrogens (tertiary/aromatic N) is 3. The molecule has 1 aliphatic heterocycles. The van der Waals surface area contributed by atoms with Crippen LogP contribution in [0.5, 0.6) is 11.5 Å². The minimum atomic E-state index is -1.06. The van der Waals surface area contributed by atoms with E-state index in [4.69, 9.17) is 27.9 Å². The standard InChI is InChI=1S/C33H34Cl2N4O3/c1-33(2)11-9-22(27(18-33)21-3-5-23(34)6-4-21)20-38-13-15-39(16-14-38)24-7-8-25(32(40)41)28(17-24)42-29-19-37-31-26(30(29)35)10-12-36-31/h3-8,10,12,17,19H,9,11,13-16,18,20H2,1-2H3,(H,36,37)(H,40,41). The Bertz CT molecular complexity index is 1650. The van der Waals surface area contributed by atoms with Gasteiger partial charge in [-0.1, -0.05) is 54.8 Å².